The molecule has 2 rings (SSSR count). The molecule has 0 radical (unpaired) electrons. The fraction of sp³-hybridized carbons (Fsp3) is 0.0667. The minimum absolute atomic E-state index is 0.0844. The van der Waals surface area contributed by atoms with Crippen molar-refractivity contribution in [3.8, 4) is 0 Å². The number of rotatable bonds is 4. The SMILES string of the molecule is C/C(=N\OC(=O)c1cc(S(N)(=O)=O)c(Cl)cc1Cl)c1ccc(Br)cc1. The molecule has 0 spiro atoms. The molecular weight excluding hydrogens is 455 g/mol. The van der Waals surface area contributed by atoms with Gasteiger partial charge in [0.2, 0.25) is 10.0 Å². The van der Waals surface area contributed by atoms with Crippen LogP contribution >= 0.6 is 39.1 Å². The summed E-state index contributed by atoms with van der Waals surface area (Å²) in [6.45, 7) is 1.65. The first-order chi connectivity index (χ1) is 11.6. The minimum Gasteiger partial charge on any atom is -0.312 e. The normalized spacial score (nSPS) is 12.1. The van der Waals surface area contributed by atoms with Crippen molar-refractivity contribution in [1.82, 2.24) is 0 Å². The molecule has 0 bridgehead atoms. The van der Waals surface area contributed by atoms with Crippen LogP contribution in [0.5, 0.6) is 0 Å². The van der Waals surface area contributed by atoms with Gasteiger partial charge in [-0.15, -0.1) is 0 Å². The molecule has 0 heterocycles. The van der Waals surface area contributed by atoms with Crippen LogP contribution in [0.2, 0.25) is 10.0 Å². The molecule has 0 saturated heterocycles. The van der Waals surface area contributed by atoms with E-state index in [1.54, 1.807) is 19.1 Å². The third kappa shape index (κ3) is 5.02. The predicted molar refractivity (Wildman–Crippen MR) is 99.6 cm³/mol. The number of carbonyl (C=O) groups is 1. The number of hydrogen-bond acceptors (Lipinski definition) is 5. The van der Waals surface area contributed by atoms with Gasteiger partial charge in [-0.25, -0.2) is 18.4 Å². The van der Waals surface area contributed by atoms with Crippen LogP contribution in [0.4, 0.5) is 0 Å². The fourth-order valence-corrected chi connectivity index (χ4v) is 3.47. The van der Waals surface area contributed by atoms with Crippen molar-refractivity contribution in [2.75, 3.05) is 0 Å². The highest BCUT2D eigenvalue weighted by Crippen LogP contribution is 2.28. The van der Waals surface area contributed by atoms with E-state index in [1.165, 1.54) is 0 Å². The maximum atomic E-state index is 12.1. The lowest BCUT2D eigenvalue weighted by atomic mass is 10.1. The lowest BCUT2D eigenvalue weighted by molar-refractivity contribution is 0.0516. The third-order valence-electron chi connectivity index (χ3n) is 3.08. The molecule has 0 aromatic heterocycles. The van der Waals surface area contributed by atoms with Gasteiger partial charge in [-0.2, -0.15) is 0 Å². The molecule has 0 fully saturated rings. The van der Waals surface area contributed by atoms with Crippen molar-refractivity contribution < 1.29 is 18.0 Å². The first kappa shape index (κ1) is 19.9. The van der Waals surface area contributed by atoms with Crippen molar-refractivity contribution in [3.63, 3.8) is 0 Å². The molecule has 0 amide bonds. The first-order valence-electron chi connectivity index (χ1n) is 6.63. The molecule has 0 aliphatic heterocycles. The van der Waals surface area contributed by atoms with Gasteiger partial charge in [-0.05, 0) is 36.8 Å². The van der Waals surface area contributed by atoms with Gasteiger partial charge < -0.3 is 4.84 Å². The average molecular weight is 466 g/mol. The Labute approximate surface area is 162 Å². The number of halogens is 3. The van der Waals surface area contributed by atoms with Crippen LogP contribution in [0.1, 0.15) is 22.8 Å². The molecule has 10 heteroatoms. The van der Waals surface area contributed by atoms with Crippen LogP contribution in [-0.2, 0) is 14.9 Å². The molecule has 0 atom stereocenters. The summed E-state index contributed by atoms with van der Waals surface area (Å²) in [5, 5.41) is 8.50. The Kier molecular flexibility index (Phi) is 6.23. The van der Waals surface area contributed by atoms with Crippen LogP contribution in [0.25, 0.3) is 0 Å². The number of nitrogens with two attached hydrogens (primary N) is 1. The summed E-state index contributed by atoms with van der Waals surface area (Å²) >= 11 is 15.0. The largest absolute Gasteiger partial charge is 0.367 e. The number of hydrogen-bond donors (Lipinski definition) is 1. The van der Waals surface area contributed by atoms with E-state index in [2.05, 4.69) is 21.1 Å². The highest BCUT2D eigenvalue weighted by Gasteiger charge is 2.21. The van der Waals surface area contributed by atoms with Gasteiger partial charge in [0.15, 0.2) is 0 Å². The van der Waals surface area contributed by atoms with Crippen LogP contribution in [0.3, 0.4) is 0 Å². The second-order valence-electron chi connectivity index (χ2n) is 4.87. The monoisotopic (exact) mass is 464 g/mol. The van der Waals surface area contributed by atoms with E-state index in [-0.39, 0.29) is 15.6 Å². The van der Waals surface area contributed by atoms with E-state index in [0.29, 0.717) is 5.71 Å². The second-order valence-corrected chi connectivity index (χ2v) is 8.13. The van der Waals surface area contributed by atoms with Crippen molar-refractivity contribution in [3.05, 3.63) is 62.0 Å². The minimum atomic E-state index is -4.12. The molecule has 0 aliphatic carbocycles. The van der Waals surface area contributed by atoms with Gasteiger partial charge in [0.25, 0.3) is 0 Å². The Balaban J connectivity index is 2.29. The van der Waals surface area contributed by atoms with Crippen LogP contribution in [0.15, 0.2) is 50.9 Å². The summed E-state index contributed by atoms with van der Waals surface area (Å²) in [6, 6.07) is 9.24. The molecule has 2 N–H and O–H groups in total. The van der Waals surface area contributed by atoms with Crippen LogP contribution < -0.4 is 5.14 Å². The third-order valence-corrected chi connectivity index (χ3v) is 5.29. The highest BCUT2D eigenvalue weighted by molar-refractivity contribution is 9.10. The standard InChI is InChI=1S/C15H11BrCl2N2O4S/c1-8(9-2-4-10(16)5-3-9)20-24-15(21)11-6-14(25(19,22)23)13(18)7-12(11)17/h2-7H,1H3,(H2,19,22,23)/b20-8+. The summed E-state index contributed by atoms with van der Waals surface area (Å²) in [5.41, 5.74) is 0.962. The highest BCUT2D eigenvalue weighted by atomic mass is 79.9. The number of nitrogens with zero attached hydrogens (tertiary/aromatic N) is 1. The maximum absolute atomic E-state index is 12.1. The van der Waals surface area contributed by atoms with E-state index < -0.39 is 20.9 Å². The fourth-order valence-electron chi connectivity index (χ4n) is 1.81. The van der Waals surface area contributed by atoms with E-state index in [0.717, 1.165) is 22.2 Å². The molecule has 25 heavy (non-hydrogen) atoms. The van der Waals surface area contributed by atoms with Gasteiger partial charge in [0.05, 0.1) is 21.3 Å². The summed E-state index contributed by atoms with van der Waals surface area (Å²) in [6.07, 6.45) is 0. The number of oxime groups is 1. The molecule has 2 aromatic rings. The molecule has 0 unspecified atom stereocenters. The summed E-state index contributed by atoms with van der Waals surface area (Å²) in [5.74, 6) is -0.942. The number of benzene rings is 2. The first-order valence-corrected chi connectivity index (χ1v) is 9.73. The van der Waals surface area contributed by atoms with E-state index >= 15 is 0 Å². The Hall–Kier alpha value is -1.45. The lowest BCUT2D eigenvalue weighted by Gasteiger charge is -2.07. The second kappa shape index (κ2) is 7.84. The summed E-state index contributed by atoms with van der Waals surface area (Å²) in [7, 11) is -4.12. The number of primary sulfonamides is 1. The Morgan fingerprint density at radius 2 is 1.76 bits per heavy atom. The summed E-state index contributed by atoms with van der Waals surface area (Å²) in [4.78, 5) is 16.6. The van der Waals surface area contributed by atoms with Crippen molar-refractivity contribution in [2.24, 2.45) is 10.3 Å². The smallest absolute Gasteiger partial charge is 0.312 e. The molecule has 6 nitrogen and oxygen atoms in total. The van der Waals surface area contributed by atoms with Crippen LogP contribution in [0, 0.1) is 0 Å². The molecular formula is C15H11BrCl2N2O4S. The molecule has 132 valence electrons. The zero-order chi connectivity index (χ0) is 18.8. The van der Waals surface area contributed by atoms with Gasteiger partial charge in [0, 0.05) is 4.47 Å². The maximum Gasteiger partial charge on any atom is 0.367 e. The van der Waals surface area contributed by atoms with E-state index in [9.17, 15) is 13.2 Å². The molecule has 0 saturated carbocycles. The quantitative estimate of drug-likeness (QED) is 0.419. The summed E-state index contributed by atoms with van der Waals surface area (Å²) < 4.78 is 23.9. The van der Waals surface area contributed by atoms with E-state index in [4.69, 9.17) is 33.2 Å². The van der Waals surface area contributed by atoms with Gasteiger partial charge >= 0.3 is 5.97 Å². The topological polar surface area (TPSA) is 98.8 Å². The lowest BCUT2D eigenvalue weighted by Crippen LogP contribution is -2.14. The van der Waals surface area contributed by atoms with Crippen molar-refractivity contribution in [1.29, 1.82) is 0 Å². The predicted octanol–water partition coefficient (Wildman–Crippen LogP) is 3.98. The van der Waals surface area contributed by atoms with Gasteiger partial charge in [-0.3, -0.25) is 0 Å². The Morgan fingerprint density at radius 3 is 2.32 bits per heavy atom. The van der Waals surface area contributed by atoms with Gasteiger partial charge in [-0.1, -0.05) is 56.4 Å². The zero-order valence-electron chi connectivity index (χ0n) is 12.7. The Morgan fingerprint density at radius 1 is 1.16 bits per heavy atom. The van der Waals surface area contributed by atoms with Crippen LogP contribution in [-0.4, -0.2) is 20.1 Å². The van der Waals surface area contributed by atoms with Crippen molar-refractivity contribution >= 4 is 60.8 Å². The van der Waals surface area contributed by atoms with E-state index in [1.807, 2.05) is 12.1 Å². The molecule has 2 aromatic carbocycles. The Bertz CT molecular complexity index is 960. The average Bonchev–Trinajstić information content (AvgIpc) is 2.51. The van der Waals surface area contributed by atoms with Crippen molar-refractivity contribution in [2.45, 2.75) is 11.8 Å². The number of sulfonamides is 1. The molecule has 0 aliphatic rings. The zero-order valence-corrected chi connectivity index (χ0v) is 16.6. The number of carbonyl (C=O) groups excluding carboxylic acids is 1. The van der Waals surface area contributed by atoms with Gasteiger partial charge in [0.1, 0.15) is 4.90 Å².